The lowest BCUT2D eigenvalue weighted by molar-refractivity contribution is 0.164. The third-order valence-electron chi connectivity index (χ3n) is 3.31. The molecule has 2 nitrogen and oxygen atoms in total. The van der Waals surface area contributed by atoms with Crippen LogP contribution in [0.5, 0.6) is 0 Å². The van der Waals surface area contributed by atoms with Crippen LogP contribution >= 0.6 is 11.8 Å². The maximum Gasteiger partial charge on any atom is 0.123 e. The quantitative estimate of drug-likeness (QED) is 0.833. The normalized spacial score (nSPS) is 14.0. The summed E-state index contributed by atoms with van der Waals surface area (Å²) in [5.74, 6) is -0.527. The van der Waals surface area contributed by atoms with Crippen molar-refractivity contribution in [1.82, 2.24) is 0 Å². The lowest BCUT2D eigenvalue weighted by atomic mass is 9.86. The zero-order chi connectivity index (χ0) is 14.5. The van der Waals surface area contributed by atoms with Crippen LogP contribution in [-0.2, 0) is 0 Å². The van der Waals surface area contributed by atoms with Crippen molar-refractivity contribution in [2.75, 3.05) is 12.8 Å². The fraction of sp³-hybridized carbons (Fsp3) is 0.250. The average molecular weight is 291 g/mol. The Hall–Kier alpha value is -1.36. The molecule has 20 heavy (non-hydrogen) atoms. The standard InChI is InChI=1S/C16H18FNOS/c1-20-14-4-2-3-12(9-14)16(15(19)10-18)11-5-7-13(17)8-6-11/h2-9,15-16,19H,10,18H2,1H3. The van der Waals surface area contributed by atoms with E-state index in [-0.39, 0.29) is 18.3 Å². The van der Waals surface area contributed by atoms with E-state index in [0.29, 0.717) is 0 Å². The van der Waals surface area contributed by atoms with Crippen molar-refractivity contribution in [3.8, 4) is 0 Å². The molecule has 0 bridgehead atoms. The van der Waals surface area contributed by atoms with E-state index < -0.39 is 6.10 Å². The molecule has 4 heteroatoms. The molecule has 0 radical (unpaired) electrons. The third kappa shape index (κ3) is 3.39. The van der Waals surface area contributed by atoms with E-state index in [0.717, 1.165) is 16.0 Å². The van der Waals surface area contributed by atoms with Gasteiger partial charge in [0.05, 0.1) is 6.10 Å². The first-order chi connectivity index (χ1) is 9.65. The highest BCUT2D eigenvalue weighted by atomic mass is 32.2. The Morgan fingerprint density at radius 2 is 1.85 bits per heavy atom. The summed E-state index contributed by atoms with van der Waals surface area (Å²) in [5, 5.41) is 10.2. The van der Waals surface area contributed by atoms with Crippen LogP contribution in [0.4, 0.5) is 4.39 Å². The van der Waals surface area contributed by atoms with Crippen LogP contribution in [-0.4, -0.2) is 24.0 Å². The van der Waals surface area contributed by atoms with Gasteiger partial charge in [-0.2, -0.15) is 0 Å². The first-order valence-electron chi connectivity index (χ1n) is 6.43. The molecular weight excluding hydrogens is 273 g/mol. The molecule has 0 fully saturated rings. The van der Waals surface area contributed by atoms with Crippen molar-refractivity contribution >= 4 is 11.8 Å². The molecule has 0 aliphatic rings. The van der Waals surface area contributed by atoms with Gasteiger partial charge in [0.2, 0.25) is 0 Å². The summed E-state index contributed by atoms with van der Waals surface area (Å²) in [4.78, 5) is 1.12. The molecule has 0 aliphatic carbocycles. The lowest BCUT2D eigenvalue weighted by Crippen LogP contribution is -2.28. The molecule has 2 aromatic carbocycles. The van der Waals surface area contributed by atoms with Gasteiger partial charge in [0.25, 0.3) is 0 Å². The molecule has 2 aromatic rings. The van der Waals surface area contributed by atoms with Crippen molar-refractivity contribution in [3.63, 3.8) is 0 Å². The molecule has 3 N–H and O–H groups in total. The van der Waals surface area contributed by atoms with Crippen molar-refractivity contribution in [1.29, 1.82) is 0 Å². The van der Waals surface area contributed by atoms with Crippen LogP contribution in [0.15, 0.2) is 53.4 Å². The maximum absolute atomic E-state index is 13.1. The van der Waals surface area contributed by atoms with Crippen LogP contribution in [0.3, 0.4) is 0 Å². The molecule has 0 amide bonds. The number of benzene rings is 2. The van der Waals surface area contributed by atoms with E-state index in [1.807, 2.05) is 30.5 Å². The smallest absolute Gasteiger partial charge is 0.123 e. The lowest BCUT2D eigenvalue weighted by Gasteiger charge is -2.23. The first kappa shape index (κ1) is 15.0. The molecular formula is C16H18FNOS. The largest absolute Gasteiger partial charge is 0.391 e. The Balaban J connectivity index is 2.43. The number of nitrogens with two attached hydrogens (primary N) is 1. The molecule has 0 heterocycles. The summed E-state index contributed by atoms with van der Waals surface area (Å²) in [6, 6.07) is 14.2. The SMILES string of the molecule is CSc1cccc(C(c2ccc(F)cc2)C(O)CN)c1. The van der Waals surface area contributed by atoms with E-state index in [1.54, 1.807) is 23.9 Å². The zero-order valence-corrected chi connectivity index (χ0v) is 12.1. The predicted molar refractivity (Wildman–Crippen MR) is 81.5 cm³/mol. The molecule has 106 valence electrons. The first-order valence-corrected chi connectivity index (χ1v) is 7.65. The Morgan fingerprint density at radius 1 is 1.15 bits per heavy atom. The van der Waals surface area contributed by atoms with Crippen molar-refractivity contribution in [3.05, 3.63) is 65.5 Å². The topological polar surface area (TPSA) is 46.2 Å². The minimum absolute atomic E-state index is 0.158. The molecule has 0 saturated carbocycles. The summed E-state index contributed by atoms with van der Waals surface area (Å²) in [5.41, 5.74) is 7.47. The van der Waals surface area contributed by atoms with Crippen LogP contribution in [0.2, 0.25) is 0 Å². The minimum atomic E-state index is -0.697. The van der Waals surface area contributed by atoms with Gasteiger partial charge in [-0.1, -0.05) is 24.3 Å². The van der Waals surface area contributed by atoms with Crippen LogP contribution in [0.25, 0.3) is 0 Å². The van der Waals surface area contributed by atoms with Gasteiger partial charge in [-0.15, -0.1) is 11.8 Å². The van der Waals surface area contributed by atoms with Crippen molar-refractivity contribution < 1.29 is 9.50 Å². The Kier molecular flexibility index (Phi) is 5.17. The van der Waals surface area contributed by atoms with E-state index >= 15 is 0 Å². The van der Waals surface area contributed by atoms with Gasteiger partial charge in [-0.3, -0.25) is 0 Å². The molecule has 2 rings (SSSR count). The minimum Gasteiger partial charge on any atom is -0.391 e. The summed E-state index contributed by atoms with van der Waals surface area (Å²) >= 11 is 1.64. The van der Waals surface area contributed by atoms with Gasteiger partial charge >= 0.3 is 0 Å². The van der Waals surface area contributed by atoms with E-state index in [1.165, 1.54) is 12.1 Å². The second kappa shape index (κ2) is 6.88. The molecule has 2 atom stereocenters. The number of aliphatic hydroxyl groups excluding tert-OH is 1. The van der Waals surface area contributed by atoms with Gasteiger partial charge in [0.1, 0.15) is 5.82 Å². The van der Waals surface area contributed by atoms with Crippen LogP contribution in [0.1, 0.15) is 17.0 Å². The Bertz CT molecular complexity index is 559. The zero-order valence-electron chi connectivity index (χ0n) is 11.3. The summed E-state index contributed by atoms with van der Waals surface area (Å²) in [7, 11) is 0. The number of hydrogen-bond donors (Lipinski definition) is 2. The van der Waals surface area contributed by atoms with Crippen molar-refractivity contribution in [2.45, 2.75) is 16.9 Å². The van der Waals surface area contributed by atoms with Crippen LogP contribution in [0, 0.1) is 5.82 Å². The Morgan fingerprint density at radius 3 is 2.45 bits per heavy atom. The molecule has 2 unspecified atom stereocenters. The molecule has 0 spiro atoms. The van der Waals surface area contributed by atoms with Crippen molar-refractivity contribution in [2.24, 2.45) is 5.73 Å². The molecule has 0 aliphatic heterocycles. The monoisotopic (exact) mass is 291 g/mol. The predicted octanol–water partition coefficient (Wildman–Crippen LogP) is 3.00. The van der Waals surface area contributed by atoms with Gasteiger partial charge < -0.3 is 10.8 Å². The molecule has 0 aromatic heterocycles. The number of halogens is 1. The summed E-state index contributed by atoms with van der Waals surface area (Å²) in [6.07, 6.45) is 1.31. The third-order valence-corrected chi connectivity index (χ3v) is 4.03. The summed E-state index contributed by atoms with van der Waals surface area (Å²) < 4.78 is 13.1. The second-order valence-electron chi connectivity index (χ2n) is 4.61. The highest BCUT2D eigenvalue weighted by Gasteiger charge is 2.22. The number of rotatable bonds is 5. The highest BCUT2D eigenvalue weighted by Crippen LogP contribution is 2.30. The van der Waals surface area contributed by atoms with Gasteiger partial charge in [-0.05, 0) is 41.6 Å². The van der Waals surface area contributed by atoms with Gasteiger partial charge in [-0.25, -0.2) is 4.39 Å². The van der Waals surface area contributed by atoms with E-state index in [9.17, 15) is 9.50 Å². The number of hydrogen-bond acceptors (Lipinski definition) is 3. The fourth-order valence-corrected chi connectivity index (χ4v) is 2.75. The number of aliphatic hydroxyl groups is 1. The van der Waals surface area contributed by atoms with Crippen LogP contribution < -0.4 is 5.73 Å². The van der Waals surface area contributed by atoms with E-state index in [4.69, 9.17) is 5.73 Å². The Labute approximate surface area is 122 Å². The molecule has 0 saturated heterocycles. The highest BCUT2D eigenvalue weighted by molar-refractivity contribution is 7.98. The maximum atomic E-state index is 13.1. The number of thioether (sulfide) groups is 1. The van der Waals surface area contributed by atoms with E-state index in [2.05, 4.69) is 0 Å². The van der Waals surface area contributed by atoms with Gasteiger partial charge in [0.15, 0.2) is 0 Å². The second-order valence-corrected chi connectivity index (χ2v) is 5.49. The average Bonchev–Trinajstić information content (AvgIpc) is 2.49. The van der Waals surface area contributed by atoms with Gasteiger partial charge in [0, 0.05) is 17.4 Å². The fourth-order valence-electron chi connectivity index (χ4n) is 2.28. The summed E-state index contributed by atoms with van der Waals surface area (Å²) in [6.45, 7) is 0.158.